The van der Waals surface area contributed by atoms with E-state index in [9.17, 15) is 4.79 Å². The topological polar surface area (TPSA) is 41.5 Å². The van der Waals surface area contributed by atoms with Crippen LogP contribution in [-0.4, -0.2) is 30.6 Å². The highest BCUT2D eigenvalue weighted by Gasteiger charge is 2.58. The molecule has 3 saturated carbocycles. The van der Waals surface area contributed by atoms with E-state index in [4.69, 9.17) is 0 Å². The summed E-state index contributed by atoms with van der Waals surface area (Å²) < 4.78 is 0. The number of allylic oxidation sites excluding steroid dienone is 2. The number of hydrogen-bond acceptors (Lipinski definition) is 3. The lowest BCUT2D eigenvalue weighted by atomic mass is 9.47. The molecular formula is C35H64N2O. The van der Waals surface area contributed by atoms with Crippen molar-refractivity contribution in [1.82, 2.24) is 5.32 Å². The summed E-state index contributed by atoms with van der Waals surface area (Å²) in [4.78, 5) is 16.1. The first-order valence-corrected chi connectivity index (χ1v) is 16.1. The van der Waals surface area contributed by atoms with Gasteiger partial charge in [-0.1, -0.05) is 67.0 Å². The minimum atomic E-state index is 0. The Hall–Kier alpha value is -0.960. The first kappa shape index (κ1) is 33.2. The molecule has 5 aliphatic rings. The fourth-order valence-corrected chi connectivity index (χ4v) is 9.15. The number of aliphatic imine (C=N–C) groups is 1. The molecule has 1 N–H and O–H groups in total. The molecular weight excluding hydrogens is 464 g/mol. The Morgan fingerprint density at radius 1 is 1.03 bits per heavy atom. The maximum atomic E-state index is 11.4. The molecule has 0 aromatic heterocycles. The molecule has 3 heteroatoms. The number of Topliss-reactive ketones (excluding diaryl/α,β-unsaturated/α-hetero) is 1. The molecule has 220 valence electrons. The summed E-state index contributed by atoms with van der Waals surface area (Å²) in [5, 5.41) is 3.47. The molecule has 0 aromatic rings. The Labute approximate surface area is 237 Å². The Balaban J connectivity index is 0.000000393. The molecule has 8 atom stereocenters. The van der Waals surface area contributed by atoms with Gasteiger partial charge in [0.1, 0.15) is 0 Å². The number of carbonyl (C=O) groups excluding carboxylic acids is 1. The predicted octanol–water partition coefficient (Wildman–Crippen LogP) is 9.45. The van der Waals surface area contributed by atoms with Gasteiger partial charge in [0.25, 0.3) is 0 Å². The van der Waals surface area contributed by atoms with Crippen LogP contribution in [0.5, 0.6) is 0 Å². The largest absolute Gasteiger partial charge is 0.314 e. The van der Waals surface area contributed by atoms with E-state index in [1.807, 2.05) is 13.8 Å². The predicted molar refractivity (Wildman–Crippen MR) is 167 cm³/mol. The van der Waals surface area contributed by atoms with E-state index in [0.717, 1.165) is 29.7 Å². The third-order valence-electron chi connectivity index (χ3n) is 11.3. The number of rotatable bonds is 4. The van der Waals surface area contributed by atoms with E-state index >= 15 is 0 Å². The summed E-state index contributed by atoms with van der Waals surface area (Å²) >= 11 is 0. The first-order valence-electron chi connectivity index (χ1n) is 16.1. The minimum absolute atomic E-state index is 0. The van der Waals surface area contributed by atoms with Gasteiger partial charge < -0.3 is 5.32 Å². The van der Waals surface area contributed by atoms with E-state index in [1.54, 1.807) is 12.5 Å². The summed E-state index contributed by atoms with van der Waals surface area (Å²) in [6.45, 7) is 19.3. The van der Waals surface area contributed by atoms with Crippen molar-refractivity contribution >= 4 is 11.5 Å². The van der Waals surface area contributed by atoms with Crippen LogP contribution < -0.4 is 5.32 Å². The molecule has 4 fully saturated rings. The second kappa shape index (κ2) is 14.6. The molecule has 0 aromatic carbocycles. The summed E-state index contributed by atoms with van der Waals surface area (Å²) in [5.74, 6) is 4.27. The van der Waals surface area contributed by atoms with Crippen LogP contribution in [0.4, 0.5) is 0 Å². The van der Waals surface area contributed by atoms with Gasteiger partial charge in [-0.15, -0.1) is 0 Å². The van der Waals surface area contributed by atoms with Crippen LogP contribution in [-0.2, 0) is 4.79 Å². The normalized spacial score (nSPS) is 39.9. The number of nitrogens with zero attached hydrogens (tertiary/aromatic N) is 1. The van der Waals surface area contributed by atoms with Crippen LogP contribution >= 0.6 is 0 Å². The molecule has 1 saturated heterocycles. The van der Waals surface area contributed by atoms with Gasteiger partial charge in [-0.2, -0.15) is 0 Å². The summed E-state index contributed by atoms with van der Waals surface area (Å²) in [7, 11) is 0. The monoisotopic (exact) mass is 529 g/mol. The van der Waals surface area contributed by atoms with Gasteiger partial charge >= 0.3 is 0 Å². The Kier molecular flexibility index (Phi) is 12.8. The van der Waals surface area contributed by atoms with E-state index in [-0.39, 0.29) is 13.2 Å². The molecule has 1 aliphatic heterocycles. The average molecular weight is 529 g/mol. The van der Waals surface area contributed by atoms with Crippen molar-refractivity contribution in [1.29, 1.82) is 0 Å². The molecule has 0 spiro atoms. The zero-order chi connectivity index (χ0) is 27.2. The van der Waals surface area contributed by atoms with Gasteiger partial charge in [-0.25, -0.2) is 0 Å². The van der Waals surface area contributed by atoms with E-state index < -0.39 is 0 Å². The number of ketones is 1. The van der Waals surface area contributed by atoms with E-state index in [2.05, 4.69) is 51.0 Å². The van der Waals surface area contributed by atoms with Gasteiger partial charge in [0.05, 0.1) is 6.54 Å². The fraction of sp³-hybridized carbons (Fsp3) is 0.886. The van der Waals surface area contributed by atoms with Gasteiger partial charge in [-0.3, -0.25) is 9.79 Å². The highest BCUT2D eigenvalue weighted by Crippen LogP contribution is 2.66. The highest BCUT2D eigenvalue weighted by atomic mass is 16.1. The molecule has 8 unspecified atom stereocenters. The number of carbonyl (C=O) groups is 1. The molecule has 0 bridgehead atoms. The van der Waals surface area contributed by atoms with Crippen molar-refractivity contribution in [3.8, 4) is 0 Å². The second-order valence-corrected chi connectivity index (χ2v) is 13.5. The lowest BCUT2D eigenvalue weighted by Crippen LogP contribution is -2.50. The number of hydrogen-bond donors (Lipinski definition) is 1. The van der Waals surface area contributed by atoms with Crippen molar-refractivity contribution in [2.24, 2.45) is 45.4 Å². The van der Waals surface area contributed by atoms with Crippen LogP contribution in [0.15, 0.2) is 16.6 Å². The van der Waals surface area contributed by atoms with E-state index in [1.165, 1.54) is 89.3 Å². The van der Waals surface area contributed by atoms with Crippen molar-refractivity contribution in [3.63, 3.8) is 0 Å². The lowest BCUT2D eigenvalue weighted by molar-refractivity contribution is -0.115. The minimum Gasteiger partial charge on any atom is -0.314 e. The molecule has 0 radical (unpaired) electrons. The zero-order valence-electron chi connectivity index (χ0n) is 25.8. The maximum absolute atomic E-state index is 11.4. The van der Waals surface area contributed by atoms with Crippen LogP contribution in [0.25, 0.3) is 0 Å². The molecule has 5 rings (SSSR count). The summed E-state index contributed by atoms with van der Waals surface area (Å²) in [6, 6.07) is 0.837. The number of fused-ring (bicyclic) bond motifs is 5. The third kappa shape index (κ3) is 7.02. The smallest absolute Gasteiger partial charge is 0.151 e. The zero-order valence-corrected chi connectivity index (χ0v) is 25.8. The Morgan fingerprint density at radius 2 is 1.76 bits per heavy atom. The van der Waals surface area contributed by atoms with Crippen molar-refractivity contribution in [3.05, 3.63) is 11.6 Å². The highest BCUT2D eigenvalue weighted by molar-refractivity contribution is 5.88. The van der Waals surface area contributed by atoms with Crippen LogP contribution in [0, 0.1) is 40.4 Å². The number of nitrogens with one attached hydrogen (secondary N) is 1. The van der Waals surface area contributed by atoms with Crippen LogP contribution in [0.1, 0.15) is 140 Å². The van der Waals surface area contributed by atoms with Gasteiger partial charge in [0.2, 0.25) is 0 Å². The quantitative estimate of drug-likeness (QED) is 0.291. The molecule has 1 heterocycles. The molecule has 38 heavy (non-hydrogen) atoms. The first-order chi connectivity index (χ1) is 17.7. The Bertz CT molecular complexity index is 809. The lowest BCUT2D eigenvalue weighted by Gasteiger charge is -2.58. The van der Waals surface area contributed by atoms with Crippen LogP contribution in [0.2, 0.25) is 0 Å². The average Bonchev–Trinajstić information content (AvgIpc) is 3.27. The van der Waals surface area contributed by atoms with Gasteiger partial charge in [0, 0.05) is 17.7 Å². The van der Waals surface area contributed by atoms with Crippen molar-refractivity contribution in [2.75, 3.05) is 13.1 Å². The van der Waals surface area contributed by atoms with Crippen LogP contribution in [0.3, 0.4) is 0 Å². The molecule has 0 amide bonds. The standard InChI is InChI=1S/C25H39NO.C7H15N.C2H6.CH4/c1-16-10-12-24(4)19(14-16)6-7-20-22-9-8-21(18(3)26-15-17(2)27)25(22,5)13-11-23(20)24;1-2-7-5-3-4-6-8-7;1-2;/h6,16,20-23H,7-15H2,1-5H3;7-8H,2-6H2,1H3;1-2H3;1H4. The Morgan fingerprint density at radius 3 is 2.37 bits per heavy atom. The molecule has 3 nitrogen and oxygen atoms in total. The number of piperidine rings is 1. The van der Waals surface area contributed by atoms with Crippen molar-refractivity contribution < 1.29 is 4.79 Å². The van der Waals surface area contributed by atoms with Crippen molar-refractivity contribution in [2.45, 2.75) is 146 Å². The summed E-state index contributed by atoms with van der Waals surface area (Å²) in [6.07, 6.45) is 19.1. The second-order valence-electron chi connectivity index (χ2n) is 13.5. The summed E-state index contributed by atoms with van der Waals surface area (Å²) in [5.41, 5.74) is 3.93. The van der Waals surface area contributed by atoms with Gasteiger partial charge in [0.15, 0.2) is 5.78 Å². The van der Waals surface area contributed by atoms with Gasteiger partial charge in [-0.05, 0) is 126 Å². The van der Waals surface area contributed by atoms with E-state index in [0.29, 0.717) is 23.3 Å². The SMILES string of the molecule is C.CC.CC(=O)CN=C(C)C1CCC2C3CC=C4CC(C)CCC4(C)C3CCC12C.CCC1CCCCN1. The third-order valence-corrected chi connectivity index (χ3v) is 11.3. The molecule has 4 aliphatic carbocycles. The fourth-order valence-electron chi connectivity index (χ4n) is 9.15. The maximum Gasteiger partial charge on any atom is 0.151 e.